The molecule has 0 aromatic heterocycles. The van der Waals surface area contributed by atoms with Gasteiger partial charge in [-0.3, -0.25) is 4.79 Å². The number of ether oxygens (including phenoxy) is 1. The van der Waals surface area contributed by atoms with E-state index in [-0.39, 0.29) is 5.91 Å². The number of carboxylic acids is 1. The highest BCUT2D eigenvalue weighted by molar-refractivity contribution is 5.90. The monoisotopic (exact) mass is 284 g/mol. The molecule has 0 unspecified atom stereocenters. The molecule has 0 aromatic rings. The lowest BCUT2D eigenvalue weighted by molar-refractivity contribution is -0.151. The van der Waals surface area contributed by atoms with Crippen LogP contribution in [0, 0.1) is 5.41 Å². The second-order valence-corrected chi connectivity index (χ2v) is 6.01. The van der Waals surface area contributed by atoms with Crippen molar-refractivity contribution in [1.82, 2.24) is 10.6 Å². The van der Waals surface area contributed by atoms with Gasteiger partial charge in [0.25, 0.3) is 0 Å². The zero-order valence-corrected chi connectivity index (χ0v) is 12.0. The van der Waals surface area contributed by atoms with Crippen molar-refractivity contribution < 1.29 is 19.4 Å². The summed E-state index contributed by atoms with van der Waals surface area (Å²) in [4.78, 5) is 24.2. The van der Waals surface area contributed by atoms with Gasteiger partial charge in [0, 0.05) is 7.11 Å². The largest absolute Gasteiger partial charge is 0.480 e. The van der Waals surface area contributed by atoms with Crippen LogP contribution in [-0.4, -0.2) is 49.3 Å². The molecule has 6 nitrogen and oxygen atoms in total. The van der Waals surface area contributed by atoms with Gasteiger partial charge in [0.05, 0.1) is 12.0 Å². The maximum absolute atomic E-state index is 12.7. The van der Waals surface area contributed by atoms with Crippen molar-refractivity contribution in [3.63, 3.8) is 0 Å². The van der Waals surface area contributed by atoms with E-state index in [4.69, 9.17) is 4.74 Å². The predicted molar refractivity (Wildman–Crippen MR) is 73.4 cm³/mol. The number of hydrogen-bond donors (Lipinski definition) is 3. The Morgan fingerprint density at radius 1 is 1.20 bits per heavy atom. The van der Waals surface area contributed by atoms with Crippen LogP contribution in [0.25, 0.3) is 0 Å². The summed E-state index contributed by atoms with van der Waals surface area (Å²) in [5.41, 5.74) is -1.66. The van der Waals surface area contributed by atoms with Crippen LogP contribution in [-0.2, 0) is 14.3 Å². The van der Waals surface area contributed by atoms with Crippen LogP contribution in [0.2, 0.25) is 0 Å². The molecule has 0 bridgehead atoms. The molecule has 1 saturated carbocycles. The highest BCUT2D eigenvalue weighted by atomic mass is 16.5. The smallest absolute Gasteiger partial charge is 0.329 e. The number of piperidine rings is 1. The minimum Gasteiger partial charge on any atom is -0.480 e. The van der Waals surface area contributed by atoms with Gasteiger partial charge in [0.15, 0.2) is 0 Å². The third kappa shape index (κ3) is 2.81. The van der Waals surface area contributed by atoms with Crippen LogP contribution < -0.4 is 10.6 Å². The van der Waals surface area contributed by atoms with Crippen LogP contribution in [0.3, 0.4) is 0 Å². The molecule has 2 fully saturated rings. The van der Waals surface area contributed by atoms with Gasteiger partial charge < -0.3 is 20.5 Å². The molecule has 3 N–H and O–H groups in total. The summed E-state index contributed by atoms with van der Waals surface area (Å²) in [6.07, 6.45) is 4.12. The summed E-state index contributed by atoms with van der Waals surface area (Å²) in [5, 5.41) is 15.5. The van der Waals surface area contributed by atoms with Gasteiger partial charge >= 0.3 is 5.97 Å². The molecule has 1 aliphatic heterocycles. The van der Waals surface area contributed by atoms with E-state index in [2.05, 4.69) is 10.6 Å². The average molecular weight is 284 g/mol. The van der Waals surface area contributed by atoms with Gasteiger partial charge in [-0.05, 0) is 38.8 Å². The molecule has 0 spiro atoms. The third-order valence-corrected chi connectivity index (χ3v) is 4.68. The Morgan fingerprint density at radius 3 is 2.30 bits per heavy atom. The van der Waals surface area contributed by atoms with Crippen molar-refractivity contribution in [2.45, 2.75) is 44.1 Å². The Bertz CT molecular complexity index is 366. The fourth-order valence-corrected chi connectivity index (χ4v) is 3.34. The molecule has 1 saturated heterocycles. The first-order valence-electron chi connectivity index (χ1n) is 7.30. The topological polar surface area (TPSA) is 87.7 Å². The molecule has 1 amide bonds. The van der Waals surface area contributed by atoms with Crippen LogP contribution in [0.15, 0.2) is 0 Å². The first-order valence-corrected chi connectivity index (χ1v) is 7.30. The molecule has 0 radical (unpaired) electrons. The highest BCUT2D eigenvalue weighted by Gasteiger charge is 2.48. The number of hydrogen-bond acceptors (Lipinski definition) is 4. The second-order valence-electron chi connectivity index (χ2n) is 6.01. The molecule has 6 heteroatoms. The lowest BCUT2D eigenvalue weighted by Gasteiger charge is -2.38. The van der Waals surface area contributed by atoms with E-state index in [9.17, 15) is 14.7 Å². The lowest BCUT2D eigenvalue weighted by atomic mass is 9.78. The molecule has 114 valence electrons. The lowest BCUT2D eigenvalue weighted by Crippen LogP contribution is -2.59. The van der Waals surface area contributed by atoms with Gasteiger partial charge in [-0.1, -0.05) is 12.8 Å². The van der Waals surface area contributed by atoms with Gasteiger partial charge in [-0.15, -0.1) is 0 Å². The number of amides is 1. The van der Waals surface area contributed by atoms with E-state index in [0.29, 0.717) is 32.3 Å². The first-order chi connectivity index (χ1) is 9.55. The molecule has 20 heavy (non-hydrogen) atoms. The highest BCUT2D eigenvalue weighted by Crippen LogP contribution is 2.34. The predicted octanol–water partition coefficient (Wildman–Crippen LogP) is 0.516. The van der Waals surface area contributed by atoms with Gasteiger partial charge in [-0.25, -0.2) is 4.79 Å². The number of aliphatic carboxylic acids is 1. The number of carboxylic acid groups (broad SMARTS) is 1. The van der Waals surface area contributed by atoms with E-state index >= 15 is 0 Å². The summed E-state index contributed by atoms with van der Waals surface area (Å²) in [6.45, 7) is 1.86. The minimum absolute atomic E-state index is 0.162. The maximum Gasteiger partial charge on any atom is 0.329 e. The van der Waals surface area contributed by atoms with Gasteiger partial charge in [0.1, 0.15) is 5.54 Å². The summed E-state index contributed by atoms with van der Waals surface area (Å²) < 4.78 is 5.23. The standard InChI is InChI=1S/C14H24N2O4/c1-20-10-13(6-8-15-9-7-13)11(17)16-14(12(18)19)4-2-3-5-14/h15H,2-10H2,1H3,(H,16,17)(H,18,19). The Labute approximate surface area is 119 Å². The zero-order valence-electron chi connectivity index (χ0n) is 12.0. The number of rotatable bonds is 5. The van der Waals surface area contributed by atoms with E-state index in [0.717, 1.165) is 25.9 Å². The van der Waals surface area contributed by atoms with Gasteiger partial charge in [-0.2, -0.15) is 0 Å². The van der Waals surface area contributed by atoms with Crippen molar-refractivity contribution >= 4 is 11.9 Å². The van der Waals surface area contributed by atoms with Crippen LogP contribution in [0.5, 0.6) is 0 Å². The number of methoxy groups -OCH3 is 1. The van der Waals surface area contributed by atoms with Crippen LogP contribution in [0.4, 0.5) is 0 Å². The number of carbonyl (C=O) groups excluding carboxylic acids is 1. The first kappa shape index (κ1) is 15.3. The fraction of sp³-hybridized carbons (Fsp3) is 0.857. The summed E-state index contributed by atoms with van der Waals surface area (Å²) in [5.74, 6) is -1.07. The Balaban J connectivity index is 2.13. The van der Waals surface area contributed by atoms with Crippen molar-refractivity contribution in [3.8, 4) is 0 Å². The van der Waals surface area contributed by atoms with Crippen molar-refractivity contribution in [2.24, 2.45) is 5.41 Å². The average Bonchev–Trinajstić information content (AvgIpc) is 2.90. The summed E-state index contributed by atoms with van der Waals surface area (Å²) >= 11 is 0. The van der Waals surface area contributed by atoms with Crippen molar-refractivity contribution in [1.29, 1.82) is 0 Å². The maximum atomic E-state index is 12.7. The quantitative estimate of drug-likeness (QED) is 0.685. The molecular formula is C14H24N2O4. The van der Waals surface area contributed by atoms with Gasteiger partial charge in [0.2, 0.25) is 5.91 Å². The molecule has 0 atom stereocenters. The molecule has 1 heterocycles. The number of nitrogens with one attached hydrogen (secondary N) is 2. The van der Waals surface area contributed by atoms with Crippen molar-refractivity contribution in [3.05, 3.63) is 0 Å². The molecule has 2 rings (SSSR count). The summed E-state index contributed by atoms with van der Waals surface area (Å²) in [6, 6.07) is 0. The number of carbonyl (C=O) groups is 2. The normalized spacial score (nSPS) is 24.2. The fourth-order valence-electron chi connectivity index (χ4n) is 3.34. The molecule has 1 aliphatic carbocycles. The van der Waals surface area contributed by atoms with E-state index in [1.54, 1.807) is 7.11 Å². The minimum atomic E-state index is -1.07. The molecular weight excluding hydrogens is 260 g/mol. The molecule has 2 aliphatic rings. The zero-order chi connectivity index (χ0) is 14.6. The second kappa shape index (κ2) is 6.10. The van der Waals surface area contributed by atoms with E-state index < -0.39 is 16.9 Å². The SMILES string of the molecule is COCC1(C(=O)NC2(C(=O)O)CCCC2)CCNCC1. The Hall–Kier alpha value is -1.14. The van der Waals surface area contributed by atoms with Crippen molar-refractivity contribution in [2.75, 3.05) is 26.8 Å². The van der Waals surface area contributed by atoms with Crippen LogP contribution >= 0.6 is 0 Å². The third-order valence-electron chi connectivity index (χ3n) is 4.68. The van der Waals surface area contributed by atoms with E-state index in [1.807, 2.05) is 0 Å². The van der Waals surface area contributed by atoms with E-state index in [1.165, 1.54) is 0 Å². The Morgan fingerprint density at radius 2 is 1.80 bits per heavy atom. The van der Waals surface area contributed by atoms with Crippen LogP contribution in [0.1, 0.15) is 38.5 Å². The molecule has 0 aromatic carbocycles. The Kier molecular flexibility index (Phi) is 4.65. The summed E-state index contributed by atoms with van der Waals surface area (Å²) in [7, 11) is 1.58.